The number of aromatic nitrogens is 2. The minimum Gasteiger partial charge on any atom is -0.383 e. The Morgan fingerprint density at radius 2 is 1.06 bits per heavy atom. The van der Waals surface area contributed by atoms with Gasteiger partial charge in [-0.15, -0.1) is 35.3 Å². The molecular weight excluding hydrogens is 1070 g/mol. The number of halogens is 6. The molecule has 0 bridgehead atoms. The van der Waals surface area contributed by atoms with Crippen molar-refractivity contribution < 1.29 is 9.59 Å². The van der Waals surface area contributed by atoms with Crippen LogP contribution in [0, 0.1) is 20.8 Å². The molecule has 2 amide bonds. The van der Waals surface area contributed by atoms with E-state index in [1.165, 1.54) is 16.8 Å². The van der Waals surface area contributed by atoms with E-state index in [-0.39, 0.29) is 11.8 Å². The van der Waals surface area contributed by atoms with Gasteiger partial charge in [0, 0.05) is 120 Å². The Morgan fingerprint density at radius 1 is 0.614 bits per heavy atom. The molecule has 0 unspecified atom stereocenters. The molecule has 20 heteroatoms. The zero-order valence-electron chi connectivity index (χ0n) is 40.3. The van der Waals surface area contributed by atoms with Crippen molar-refractivity contribution in [3.8, 4) is 5.69 Å². The summed E-state index contributed by atoms with van der Waals surface area (Å²) in [5.74, 6) is 1.53. The number of likely N-dealkylation sites (N-methyl/N-ethyl adjacent to an activating group) is 1. The van der Waals surface area contributed by atoms with Crippen molar-refractivity contribution in [2.24, 2.45) is 10.2 Å². The fourth-order valence-electron chi connectivity index (χ4n) is 6.42. The largest absolute Gasteiger partial charge is 0.383 e. The number of amides is 2. The van der Waals surface area contributed by atoms with Gasteiger partial charge >= 0.3 is 0 Å². The van der Waals surface area contributed by atoms with Crippen LogP contribution in [0.1, 0.15) is 22.4 Å². The highest BCUT2D eigenvalue weighted by molar-refractivity contribution is 8.00. The molecule has 0 saturated heterocycles. The van der Waals surface area contributed by atoms with E-state index in [1.807, 2.05) is 131 Å². The van der Waals surface area contributed by atoms with Gasteiger partial charge in [0.25, 0.3) is 11.8 Å². The number of hydrogen-bond donors (Lipinski definition) is 1. The lowest BCUT2D eigenvalue weighted by molar-refractivity contribution is -0.124. The van der Waals surface area contributed by atoms with Gasteiger partial charge in [-0.3, -0.25) is 9.59 Å². The summed E-state index contributed by atoms with van der Waals surface area (Å²) in [6, 6.07) is 21.2. The third kappa shape index (κ3) is 15.4. The summed E-state index contributed by atoms with van der Waals surface area (Å²) in [6.07, 6.45) is 5.61. The molecule has 0 aliphatic carbocycles. The van der Waals surface area contributed by atoms with Crippen molar-refractivity contribution >= 4 is 141 Å². The average molecular weight is 1120 g/mol. The standard InChI is InChI=1S/C21H21Cl2N3S.C15H17Cl2N3OS.C14H15Cl2N3OS/c1-14-10-21(19(23)11-18(14)22)27-13-20-17(12-25(3)4)15(2)26(24-20)16-8-6-5-7-9-16;1-9-5-14(12(17)6-11(9)16)22-8-13-10(7-19(2)3)15(21)20(4)18-13;1-8-4-13(11(16)5-10(8)15)21-7-12-9(6-19(2)3)14(20)18-17-12/h5-12H,2,13H2,1,3-4H3;5-7H,8H2,1-4H3;4-6H,7H2,1-3H3,(H,18,20). The van der Waals surface area contributed by atoms with Crippen molar-refractivity contribution in [2.45, 2.75) is 41.2 Å². The predicted octanol–water partition coefficient (Wildman–Crippen LogP) is 11.5. The van der Waals surface area contributed by atoms with Crippen LogP contribution in [0.25, 0.3) is 18.5 Å². The van der Waals surface area contributed by atoms with Crippen LogP contribution in [0.4, 0.5) is 0 Å². The smallest absolute Gasteiger partial charge is 0.277 e. The van der Waals surface area contributed by atoms with E-state index < -0.39 is 0 Å². The molecular formula is C50H53Cl6N9O2S3. The molecule has 1 aromatic heterocycles. The summed E-state index contributed by atoms with van der Waals surface area (Å²) in [6.45, 7) is 10.1. The number of carbonyl (C=O) groups excluding carboxylic acids is 2. The summed E-state index contributed by atoms with van der Waals surface area (Å²) >= 11 is 41.7. The maximum absolute atomic E-state index is 12.1. The quantitative estimate of drug-likeness (QED) is 0.0912. The minimum atomic E-state index is -0.183. The number of para-hydroxylation sites is 1. The number of aryl methyl sites for hydroxylation is 3. The summed E-state index contributed by atoms with van der Waals surface area (Å²) < 4.78 is 1.89. The fourth-order valence-corrected chi connectivity index (χ4v) is 11.0. The molecule has 0 atom stereocenters. The van der Waals surface area contributed by atoms with Gasteiger partial charge in [-0.1, -0.05) is 94.4 Å². The number of hydrazone groups is 2. The van der Waals surface area contributed by atoms with Gasteiger partial charge in [0.2, 0.25) is 0 Å². The van der Waals surface area contributed by atoms with Gasteiger partial charge in [-0.25, -0.2) is 15.1 Å². The van der Waals surface area contributed by atoms with E-state index in [1.54, 1.807) is 61.2 Å². The van der Waals surface area contributed by atoms with E-state index in [9.17, 15) is 9.59 Å². The molecule has 2 aliphatic rings. The highest BCUT2D eigenvalue weighted by Crippen LogP contribution is 2.36. The van der Waals surface area contributed by atoms with E-state index in [0.717, 1.165) is 59.0 Å². The third-order valence-corrected chi connectivity index (χ3v) is 15.6. The number of nitrogens with zero attached hydrogens (tertiary/aromatic N) is 8. The van der Waals surface area contributed by atoms with Crippen LogP contribution >= 0.6 is 105 Å². The van der Waals surface area contributed by atoms with Gasteiger partial charge in [-0.05, 0) is 86.0 Å². The average Bonchev–Trinajstić information content (AvgIpc) is 3.89. The monoisotopic (exact) mass is 1120 g/mol. The first-order valence-corrected chi connectivity index (χ1v) is 26.5. The first-order chi connectivity index (χ1) is 33.0. The lowest BCUT2D eigenvalue weighted by Crippen LogP contribution is -2.30. The van der Waals surface area contributed by atoms with E-state index in [0.29, 0.717) is 64.3 Å². The third-order valence-electron chi connectivity index (χ3n) is 9.95. The molecule has 0 fully saturated rings. The molecule has 0 radical (unpaired) electrons. The highest BCUT2D eigenvalue weighted by atomic mass is 35.5. The van der Waals surface area contributed by atoms with Gasteiger partial charge in [0.15, 0.2) is 0 Å². The summed E-state index contributed by atoms with van der Waals surface area (Å²) in [5, 5.41) is 20.3. The fraction of sp³-hybridized carbons (Fsp3) is 0.260. The van der Waals surface area contributed by atoms with Crippen LogP contribution in [0.5, 0.6) is 0 Å². The molecule has 5 aromatic rings. The van der Waals surface area contributed by atoms with E-state index in [4.69, 9.17) is 74.7 Å². The van der Waals surface area contributed by atoms with Crippen LogP contribution in [-0.4, -0.2) is 114 Å². The molecule has 11 nitrogen and oxygen atoms in total. The van der Waals surface area contributed by atoms with Gasteiger partial charge in [0.1, 0.15) is 0 Å². The molecule has 2 aliphatic heterocycles. The molecule has 1 N–H and O–H groups in total. The summed E-state index contributed by atoms with van der Waals surface area (Å²) in [4.78, 5) is 32.3. The van der Waals surface area contributed by atoms with Crippen LogP contribution in [0.3, 0.4) is 0 Å². The maximum Gasteiger partial charge on any atom is 0.277 e. The topological polar surface area (TPSA) is 102 Å². The summed E-state index contributed by atoms with van der Waals surface area (Å²) in [7, 11) is 13.1. The Morgan fingerprint density at radius 3 is 1.53 bits per heavy atom. The van der Waals surface area contributed by atoms with Crippen molar-refractivity contribution in [3.05, 3.63) is 153 Å². The Labute approximate surface area is 453 Å². The van der Waals surface area contributed by atoms with E-state index in [2.05, 4.69) is 28.4 Å². The SMILES string of the molecule is C=c1c(=CN(C)C)c(CSc2cc(C)c(Cl)cc2Cl)nn1-c1ccccc1.Cc1cc(SCC2=NN(C)C(=O)C2=CN(C)C)c(Cl)cc1Cl.Cc1cc(SCC2=NNC(=O)C2=CN(C)C)c(Cl)cc1Cl. The number of hydrogen-bond acceptors (Lipinski definition) is 11. The molecule has 3 heterocycles. The zero-order valence-corrected chi connectivity index (χ0v) is 47.3. The molecule has 7 rings (SSSR count). The Kier molecular flexibility index (Phi) is 21.0. The summed E-state index contributed by atoms with van der Waals surface area (Å²) in [5.41, 5.74) is 10.0. The molecule has 370 valence electrons. The van der Waals surface area contributed by atoms with Crippen molar-refractivity contribution in [1.29, 1.82) is 0 Å². The first-order valence-electron chi connectivity index (χ1n) is 21.3. The normalized spacial score (nSPS) is 14.6. The second-order valence-corrected chi connectivity index (χ2v) is 22.0. The highest BCUT2D eigenvalue weighted by Gasteiger charge is 2.28. The second-order valence-electron chi connectivity index (χ2n) is 16.5. The number of nitrogens with one attached hydrogen (secondary N) is 1. The molecule has 70 heavy (non-hydrogen) atoms. The van der Waals surface area contributed by atoms with Crippen LogP contribution in [0.15, 0.2) is 115 Å². The predicted molar refractivity (Wildman–Crippen MR) is 300 cm³/mol. The zero-order chi connectivity index (χ0) is 51.6. The number of rotatable bonds is 13. The second kappa shape index (κ2) is 25.9. The van der Waals surface area contributed by atoms with E-state index >= 15 is 0 Å². The first kappa shape index (κ1) is 56.7. The Bertz CT molecular complexity index is 3000. The van der Waals surface area contributed by atoms with Crippen molar-refractivity contribution in [1.82, 2.24) is 34.9 Å². The van der Waals surface area contributed by atoms with Crippen LogP contribution in [-0.2, 0) is 15.3 Å². The minimum absolute atomic E-state index is 0.0947. The number of thioether (sulfide) groups is 3. The molecule has 0 spiro atoms. The number of carbonyl (C=O) groups is 2. The lowest BCUT2D eigenvalue weighted by Gasteiger charge is -2.09. The van der Waals surface area contributed by atoms with Crippen molar-refractivity contribution in [2.75, 3.05) is 60.8 Å². The van der Waals surface area contributed by atoms with Gasteiger partial charge in [0.05, 0.1) is 54.4 Å². The van der Waals surface area contributed by atoms with Crippen LogP contribution < -0.4 is 16.0 Å². The molecule has 4 aromatic carbocycles. The van der Waals surface area contributed by atoms with Gasteiger partial charge < -0.3 is 14.7 Å². The molecule has 0 saturated carbocycles. The Balaban J connectivity index is 0.000000198. The van der Waals surface area contributed by atoms with Crippen LogP contribution in [0.2, 0.25) is 30.1 Å². The maximum atomic E-state index is 12.1. The van der Waals surface area contributed by atoms with Crippen molar-refractivity contribution in [3.63, 3.8) is 0 Å². The Hall–Kier alpha value is -4.22. The number of benzene rings is 4. The van der Waals surface area contributed by atoms with Gasteiger partial charge in [-0.2, -0.15) is 15.3 Å². The lowest BCUT2D eigenvalue weighted by atomic mass is 10.2.